The van der Waals surface area contributed by atoms with Crippen molar-refractivity contribution in [3.63, 3.8) is 0 Å². The van der Waals surface area contributed by atoms with E-state index < -0.39 is 15.4 Å². The predicted octanol–water partition coefficient (Wildman–Crippen LogP) is 6.40. The van der Waals surface area contributed by atoms with Crippen molar-refractivity contribution < 1.29 is 13.0 Å². The van der Waals surface area contributed by atoms with Gasteiger partial charge in [-0.05, 0) is 68.6 Å². The Hall–Kier alpha value is -0.350. The second kappa shape index (κ2) is 10.8. The predicted molar refractivity (Wildman–Crippen MR) is 110 cm³/mol. The van der Waals surface area contributed by atoms with Gasteiger partial charge in [0.1, 0.15) is 0 Å². The molecule has 2 aliphatic rings. The van der Waals surface area contributed by atoms with Crippen LogP contribution >= 0.6 is 0 Å². The maximum absolute atomic E-state index is 11.2. The Morgan fingerprint density at radius 2 is 1.62 bits per heavy atom. The first-order valence-electron chi connectivity index (χ1n) is 11.0. The largest absolute Gasteiger partial charge is 0.285 e. The molecule has 26 heavy (non-hydrogen) atoms. The molecule has 2 fully saturated rings. The minimum atomic E-state index is -3.83. The highest BCUT2D eigenvalue weighted by molar-refractivity contribution is 7.86. The summed E-state index contributed by atoms with van der Waals surface area (Å²) >= 11 is 0. The van der Waals surface area contributed by atoms with Crippen molar-refractivity contribution in [1.82, 2.24) is 0 Å². The van der Waals surface area contributed by atoms with E-state index in [9.17, 15) is 13.0 Å². The molecule has 2 unspecified atom stereocenters. The minimum Gasteiger partial charge on any atom is -0.285 e. The molecule has 0 aliphatic heterocycles. The van der Waals surface area contributed by atoms with Gasteiger partial charge in [0.25, 0.3) is 10.1 Å². The molecule has 2 rings (SSSR count). The zero-order valence-corrected chi connectivity index (χ0v) is 17.7. The van der Waals surface area contributed by atoms with E-state index in [-0.39, 0.29) is 0 Å². The molecule has 0 bridgehead atoms. The van der Waals surface area contributed by atoms with Crippen LogP contribution in [-0.4, -0.2) is 18.2 Å². The van der Waals surface area contributed by atoms with Gasteiger partial charge in [-0.1, -0.05) is 64.5 Å². The number of rotatable bonds is 9. The molecule has 2 atom stereocenters. The highest BCUT2D eigenvalue weighted by atomic mass is 32.2. The maximum atomic E-state index is 11.2. The van der Waals surface area contributed by atoms with Crippen molar-refractivity contribution in [2.24, 2.45) is 23.7 Å². The molecular weight excluding hydrogens is 344 g/mol. The van der Waals surface area contributed by atoms with Crippen LogP contribution < -0.4 is 0 Å². The first kappa shape index (κ1) is 21.9. The Balaban J connectivity index is 1.64. The lowest BCUT2D eigenvalue weighted by Gasteiger charge is -2.31. The van der Waals surface area contributed by atoms with Gasteiger partial charge in [-0.2, -0.15) is 8.42 Å². The average Bonchev–Trinajstić information content (AvgIpc) is 2.64. The van der Waals surface area contributed by atoms with Crippen LogP contribution in [0.1, 0.15) is 97.3 Å². The minimum absolute atomic E-state index is 0.517. The van der Waals surface area contributed by atoms with E-state index in [1.54, 1.807) is 0 Å². The van der Waals surface area contributed by atoms with Gasteiger partial charge in [0.15, 0.2) is 0 Å². The molecule has 0 radical (unpaired) electrons. The Kier molecular flexibility index (Phi) is 9.16. The normalized spacial score (nSPS) is 28.3. The maximum Gasteiger partial charge on any atom is 0.267 e. The lowest BCUT2D eigenvalue weighted by molar-refractivity contribution is 0.242. The molecule has 0 aromatic heterocycles. The third kappa shape index (κ3) is 6.99. The van der Waals surface area contributed by atoms with Crippen molar-refractivity contribution in [2.75, 3.05) is 0 Å². The van der Waals surface area contributed by atoms with Crippen LogP contribution in [0.25, 0.3) is 0 Å². The molecule has 3 nitrogen and oxygen atoms in total. The van der Waals surface area contributed by atoms with E-state index >= 15 is 0 Å². The van der Waals surface area contributed by atoms with E-state index in [1.807, 2.05) is 0 Å². The van der Waals surface area contributed by atoms with E-state index in [0.717, 1.165) is 31.1 Å². The summed E-state index contributed by atoms with van der Waals surface area (Å²) in [7, 11) is -3.83. The molecule has 2 aliphatic carbocycles. The van der Waals surface area contributed by atoms with Crippen molar-refractivity contribution in [2.45, 2.75) is 103 Å². The van der Waals surface area contributed by atoms with E-state index in [0.29, 0.717) is 24.7 Å². The van der Waals surface area contributed by atoms with Crippen molar-refractivity contribution in [3.8, 4) is 0 Å². The van der Waals surface area contributed by atoms with Crippen LogP contribution in [0.15, 0.2) is 12.2 Å². The number of hydrogen-bond donors (Lipinski definition) is 1. The van der Waals surface area contributed by atoms with Gasteiger partial charge in [-0.25, -0.2) is 0 Å². The van der Waals surface area contributed by atoms with Gasteiger partial charge in [-0.3, -0.25) is 4.55 Å². The monoisotopic (exact) mass is 384 g/mol. The highest BCUT2D eigenvalue weighted by Gasteiger charge is 2.31. The summed E-state index contributed by atoms with van der Waals surface area (Å²) in [5.74, 6) is 3.09. The summed E-state index contributed by atoms with van der Waals surface area (Å²) in [5.41, 5.74) is 0. The molecule has 0 saturated heterocycles. The van der Waals surface area contributed by atoms with Gasteiger partial charge in [0.2, 0.25) is 0 Å². The van der Waals surface area contributed by atoms with E-state index in [2.05, 4.69) is 26.0 Å². The van der Waals surface area contributed by atoms with Crippen LogP contribution in [-0.2, 0) is 10.1 Å². The number of hydrogen-bond acceptors (Lipinski definition) is 2. The summed E-state index contributed by atoms with van der Waals surface area (Å²) in [6, 6.07) is 0. The van der Waals surface area contributed by atoms with Crippen molar-refractivity contribution in [3.05, 3.63) is 12.2 Å². The standard InChI is InChI=1S/C22H40O3S/c1-3-19(21-12-8-5-9-13-21)11-7-4-6-10-18(2)20-14-16-22(17-15-20)26(23,24)25/h4,7,18-22H,3,5-6,8-17H2,1-2H3,(H,23,24,25)/b7-4+. The van der Waals surface area contributed by atoms with Crippen molar-refractivity contribution in [1.29, 1.82) is 0 Å². The molecule has 0 heterocycles. The van der Waals surface area contributed by atoms with Crippen LogP contribution in [0, 0.1) is 23.7 Å². The van der Waals surface area contributed by atoms with E-state index in [4.69, 9.17) is 0 Å². The van der Waals surface area contributed by atoms with Gasteiger partial charge < -0.3 is 0 Å². The molecule has 4 heteroatoms. The molecule has 1 N–H and O–H groups in total. The SMILES string of the molecule is CCC(C/C=C/CCC(C)C1CCC(S(=O)(=O)O)CC1)C1CCCCC1. The molecular formula is C22H40O3S. The van der Waals surface area contributed by atoms with Crippen LogP contribution in [0.2, 0.25) is 0 Å². The average molecular weight is 385 g/mol. The first-order chi connectivity index (χ1) is 12.4. The Morgan fingerprint density at radius 1 is 0.962 bits per heavy atom. The van der Waals surface area contributed by atoms with Gasteiger partial charge in [0.05, 0.1) is 5.25 Å². The summed E-state index contributed by atoms with van der Waals surface area (Å²) in [6.07, 6.45) is 20.0. The topological polar surface area (TPSA) is 54.4 Å². The molecule has 0 amide bonds. The molecule has 152 valence electrons. The third-order valence-electron chi connectivity index (χ3n) is 7.18. The fraction of sp³-hybridized carbons (Fsp3) is 0.909. The third-order valence-corrected chi connectivity index (χ3v) is 8.49. The molecule has 0 aromatic carbocycles. The fourth-order valence-corrected chi connectivity index (χ4v) is 6.11. The molecule has 0 spiro atoms. The quantitative estimate of drug-likeness (QED) is 0.369. The molecule has 2 saturated carbocycles. The zero-order valence-electron chi connectivity index (χ0n) is 16.9. The van der Waals surface area contributed by atoms with E-state index in [1.165, 1.54) is 51.4 Å². The van der Waals surface area contributed by atoms with Gasteiger partial charge in [-0.15, -0.1) is 0 Å². The second-order valence-electron chi connectivity index (χ2n) is 8.88. The Bertz CT molecular complexity index is 512. The van der Waals surface area contributed by atoms with Gasteiger partial charge in [0, 0.05) is 0 Å². The van der Waals surface area contributed by atoms with Gasteiger partial charge >= 0.3 is 0 Å². The van der Waals surface area contributed by atoms with Crippen LogP contribution in [0.5, 0.6) is 0 Å². The smallest absolute Gasteiger partial charge is 0.267 e. The zero-order chi connectivity index (χ0) is 19.0. The Morgan fingerprint density at radius 3 is 2.19 bits per heavy atom. The summed E-state index contributed by atoms with van der Waals surface area (Å²) < 4.78 is 31.7. The summed E-state index contributed by atoms with van der Waals surface area (Å²) in [4.78, 5) is 0. The highest BCUT2D eigenvalue weighted by Crippen LogP contribution is 2.35. The fourth-order valence-electron chi connectivity index (χ4n) is 5.24. The summed E-state index contributed by atoms with van der Waals surface area (Å²) in [5, 5.41) is -0.517. The second-order valence-corrected chi connectivity index (χ2v) is 10.6. The summed E-state index contributed by atoms with van der Waals surface area (Å²) in [6.45, 7) is 4.65. The lowest BCUT2D eigenvalue weighted by atomic mass is 9.77. The Labute approximate surface area is 161 Å². The van der Waals surface area contributed by atoms with Crippen LogP contribution in [0.4, 0.5) is 0 Å². The van der Waals surface area contributed by atoms with Crippen molar-refractivity contribution >= 4 is 10.1 Å². The van der Waals surface area contributed by atoms with Crippen LogP contribution in [0.3, 0.4) is 0 Å². The molecule has 0 aromatic rings. The lowest BCUT2D eigenvalue weighted by Crippen LogP contribution is -2.28. The number of allylic oxidation sites excluding steroid dienone is 2. The first-order valence-corrected chi connectivity index (χ1v) is 12.5.